The predicted molar refractivity (Wildman–Crippen MR) is 298 cm³/mol. The minimum absolute atomic E-state index is 0.0973. The molecule has 1 N–H and O–H groups in total. The monoisotopic (exact) mass is 983 g/mol. The van der Waals surface area contributed by atoms with Gasteiger partial charge in [0.25, 0.3) is 0 Å². The Kier molecular flexibility index (Phi) is 30.2. The fourth-order valence-corrected chi connectivity index (χ4v) is 11.9. The number of anilines is 1. The minimum Gasteiger partial charge on any atom is -0.497 e. The van der Waals surface area contributed by atoms with Gasteiger partial charge in [-0.3, -0.25) is 14.5 Å². The number of fused-ring (bicyclic) bond motifs is 4. The van der Waals surface area contributed by atoms with E-state index in [9.17, 15) is 9.59 Å². The molecule has 0 radical (unpaired) electrons. The molecule has 0 aliphatic carbocycles. The molecule has 68 heavy (non-hydrogen) atoms. The molecule has 3 heterocycles. The summed E-state index contributed by atoms with van der Waals surface area (Å²) in [6.07, 6.45) is 12.4. The van der Waals surface area contributed by atoms with E-state index >= 15 is 0 Å². The van der Waals surface area contributed by atoms with Gasteiger partial charge in [-0.15, -0.1) is 0 Å². The van der Waals surface area contributed by atoms with E-state index in [0.717, 1.165) is 81.5 Å². The molecule has 7 atom stereocenters. The quantitative estimate of drug-likeness (QED) is 0.0575. The zero-order valence-electron chi connectivity index (χ0n) is 46.6. The molecule has 388 valence electrons. The Morgan fingerprint density at radius 3 is 2.22 bits per heavy atom. The highest BCUT2D eigenvalue weighted by atomic mass is 33.1. The van der Waals surface area contributed by atoms with Crippen LogP contribution in [0.5, 0.6) is 5.75 Å². The molecule has 1 saturated heterocycles. The predicted octanol–water partition coefficient (Wildman–Crippen LogP) is 15.0. The molecule has 5 rings (SSSR count). The van der Waals surface area contributed by atoms with E-state index in [-0.39, 0.29) is 34.6 Å². The van der Waals surface area contributed by atoms with Crippen LogP contribution in [0.4, 0.5) is 5.69 Å². The highest BCUT2D eigenvalue weighted by molar-refractivity contribution is 8.77. The third kappa shape index (κ3) is 18.6. The van der Waals surface area contributed by atoms with Gasteiger partial charge in [0.15, 0.2) is 0 Å². The van der Waals surface area contributed by atoms with Crippen molar-refractivity contribution >= 4 is 50.1 Å². The van der Waals surface area contributed by atoms with Gasteiger partial charge in [0.1, 0.15) is 11.9 Å². The Morgan fingerprint density at radius 2 is 1.65 bits per heavy atom. The van der Waals surface area contributed by atoms with Crippen LogP contribution in [-0.4, -0.2) is 105 Å². The topological polar surface area (TPSA) is 87.3 Å². The fourth-order valence-electron chi connectivity index (χ4n) is 9.53. The zero-order valence-corrected chi connectivity index (χ0v) is 48.3. The number of aromatic nitrogens is 1. The number of unbranched alkanes of at least 4 members (excludes halogenated alkanes) is 1. The second kappa shape index (κ2) is 32.7. The molecule has 2 aliphatic heterocycles. The lowest BCUT2D eigenvalue weighted by molar-refractivity contribution is -0.150. The van der Waals surface area contributed by atoms with E-state index < -0.39 is 0 Å². The third-order valence-electron chi connectivity index (χ3n) is 13.2. The lowest BCUT2D eigenvalue weighted by Crippen LogP contribution is -2.44. The number of carbonyl (C=O) groups is 2. The number of hydrogen-bond acceptors (Lipinski definition) is 10. The van der Waals surface area contributed by atoms with E-state index in [1.807, 2.05) is 63.1 Å². The molecule has 7 unspecified atom stereocenters. The number of nitrogens with zero attached hydrogens (tertiary/aromatic N) is 3. The van der Waals surface area contributed by atoms with Gasteiger partial charge in [0, 0.05) is 95.4 Å². The summed E-state index contributed by atoms with van der Waals surface area (Å²) in [5.74, 6) is 1.64. The maximum Gasteiger partial charge on any atom is 0.314 e. The second-order valence-electron chi connectivity index (χ2n) is 18.7. The van der Waals surface area contributed by atoms with Crippen molar-refractivity contribution < 1.29 is 23.8 Å². The van der Waals surface area contributed by atoms with Gasteiger partial charge < -0.3 is 29.0 Å². The molecule has 2 aliphatic rings. The number of benzene rings is 2. The van der Waals surface area contributed by atoms with Crippen molar-refractivity contribution in [3.63, 3.8) is 0 Å². The summed E-state index contributed by atoms with van der Waals surface area (Å²) in [6, 6.07) is 13.7. The average Bonchev–Trinajstić information content (AvgIpc) is 3.85. The fraction of sp³-hybridized carbons (Fsp3) is 0.684. The zero-order chi connectivity index (χ0) is 51.7. The van der Waals surface area contributed by atoms with Crippen molar-refractivity contribution in [2.75, 3.05) is 59.9 Å². The Balaban J connectivity index is 0.000000616. The van der Waals surface area contributed by atoms with Crippen LogP contribution in [0.2, 0.25) is 0 Å². The third-order valence-corrected chi connectivity index (χ3v) is 16.7. The number of allylic oxidation sites excluding steroid dienone is 1. The first-order valence-corrected chi connectivity index (χ1v) is 28.3. The number of H-pyrrole nitrogens is 1. The van der Waals surface area contributed by atoms with Crippen LogP contribution >= 0.6 is 21.6 Å². The number of ether oxygens (including phenoxy) is 3. The van der Waals surface area contributed by atoms with Crippen molar-refractivity contribution in [3.05, 3.63) is 65.4 Å². The van der Waals surface area contributed by atoms with Crippen LogP contribution in [-0.2, 0) is 25.5 Å². The molecule has 2 aromatic carbocycles. The van der Waals surface area contributed by atoms with Crippen LogP contribution in [0, 0.1) is 11.8 Å². The van der Waals surface area contributed by atoms with E-state index in [0.29, 0.717) is 23.9 Å². The van der Waals surface area contributed by atoms with Crippen molar-refractivity contribution in [1.29, 1.82) is 0 Å². The standard InChI is InChI=1S/C27H44N2O2S2.C24H36N2O3.3C2H6/c1-9-21-23-17-20(32-33-27(4,5)10-2)15-16-24(23)28-25(21)22(26(30)31-8)14-12-11-13-19(3)18-29(6)7;1-7-8-12-26-13-11-21-20-10-9-19(28-6)15-22(20)25(5)24(21)17(3)23(14-16(26)2)29-18(4)27;3*1-2/h15-17,19,22,28H,9-14,18H2,1-8H3;7-10,15-17,21,23-24H,11-14H2,1-6H3;3*1-2H3/b;8-7-;;;. The number of aryl methyl sites for hydroxylation is 1. The average molecular weight is 984 g/mol. The van der Waals surface area contributed by atoms with E-state index in [1.165, 1.54) is 47.6 Å². The van der Waals surface area contributed by atoms with Crippen molar-refractivity contribution in [3.8, 4) is 5.75 Å². The summed E-state index contributed by atoms with van der Waals surface area (Å²) in [5, 5.41) is 1.24. The summed E-state index contributed by atoms with van der Waals surface area (Å²) in [7, 11) is 13.4. The van der Waals surface area contributed by atoms with Crippen molar-refractivity contribution in [2.24, 2.45) is 11.8 Å². The Hall–Kier alpha value is -3.12. The Labute approximate surface area is 424 Å². The molecular formula is C57H98N4O5S2. The molecule has 1 fully saturated rings. The van der Waals surface area contributed by atoms with Gasteiger partial charge in [-0.2, -0.15) is 0 Å². The minimum atomic E-state index is -0.231. The maximum atomic E-state index is 12.8. The first-order valence-electron chi connectivity index (χ1n) is 26.1. The summed E-state index contributed by atoms with van der Waals surface area (Å²) in [6.45, 7) is 34.5. The summed E-state index contributed by atoms with van der Waals surface area (Å²) in [5.41, 5.74) is 6.03. The van der Waals surface area contributed by atoms with E-state index in [1.54, 1.807) is 7.11 Å². The number of rotatable bonds is 18. The van der Waals surface area contributed by atoms with Crippen molar-refractivity contribution in [2.45, 2.75) is 195 Å². The number of nitrogens with one attached hydrogen (secondary N) is 1. The maximum absolute atomic E-state index is 12.8. The number of carbonyl (C=O) groups excluding carboxylic acids is 2. The van der Waals surface area contributed by atoms with E-state index in [4.69, 9.17) is 14.2 Å². The van der Waals surface area contributed by atoms with Gasteiger partial charge in [0.2, 0.25) is 0 Å². The van der Waals surface area contributed by atoms with Crippen LogP contribution in [0.3, 0.4) is 0 Å². The Bertz CT molecular complexity index is 1910. The molecule has 0 saturated carbocycles. The van der Waals surface area contributed by atoms with Gasteiger partial charge in [-0.1, -0.05) is 122 Å². The molecule has 1 aromatic heterocycles. The Morgan fingerprint density at radius 1 is 0.985 bits per heavy atom. The lowest BCUT2D eigenvalue weighted by Gasteiger charge is -2.36. The van der Waals surface area contributed by atoms with Crippen LogP contribution in [0.1, 0.15) is 177 Å². The summed E-state index contributed by atoms with van der Waals surface area (Å²) >= 11 is 0. The van der Waals surface area contributed by atoms with Gasteiger partial charge in [-0.25, -0.2) is 0 Å². The summed E-state index contributed by atoms with van der Waals surface area (Å²) in [4.78, 5) is 36.7. The number of hydrogen-bond donors (Lipinski definition) is 1. The number of esters is 2. The second-order valence-corrected chi connectivity index (χ2v) is 21.6. The largest absolute Gasteiger partial charge is 0.497 e. The van der Waals surface area contributed by atoms with Crippen LogP contribution in [0.25, 0.3) is 10.9 Å². The van der Waals surface area contributed by atoms with Gasteiger partial charge in [0.05, 0.1) is 20.1 Å². The smallest absolute Gasteiger partial charge is 0.314 e. The normalized spacial score (nSPS) is 20.0. The number of methoxy groups -OCH3 is 2. The summed E-state index contributed by atoms with van der Waals surface area (Å²) < 4.78 is 16.8. The first-order chi connectivity index (χ1) is 32.5. The molecule has 0 bridgehead atoms. The highest BCUT2D eigenvalue weighted by Crippen LogP contribution is 2.48. The first kappa shape index (κ1) is 62.9. The van der Waals surface area contributed by atoms with Crippen LogP contribution < -0.4 is 9.64 Å². The lowest BCUT2D eigenvalue weighted by atomic mass is 9.82. The molecule has 9 nitrogen and oxygen atoms in total. The molecular weight excluding hydrogens is 885 g/mol. The van der Waals surface area contributed by atoms with Crippen LogP contribution in [0.15, 0.2) is 53.4 Å². The SMILES string of the molecule is C/C=C\CN1CCC2c3ccc(OC)cc3N(C)C2C(C)C(OC(C)=O)CC1C.CC.CC.CC.CCc1c(C(CCCCC(C)CN(C)C)C(=O)OC)[nH]c2ccc(SSC(C)(C)CC)cc12. The van der Waals surface area contributed by atoms with Crippen molar-refractivity contribution in [1.82, 2.24) is 14.8 Å². The molecule has 11 heteroatoms. The van der Waals surface area contributed by atoms with Gasteiger partial charge in [-0.05, 0) is 122 Å². The highest BCUT2D eigenvalue weighted by Gasteiger charge is 2.44. The number of aromatic amines is 1. The molecule has 0 amide bonds. The number of likely N-dealkylation sites (N-methyl/N-ethyl adjacent to an activating group) is 1. The molecule has 3 aromatic rings. The van der Waals surface area contributed by atoms with Gasteiger partial charge >= 0.3 is 11.9 Å². The molecule has 0 spiro atoms. The van der Waals surface area contributed by atoms with E-state index in [2.05, 4.69) is 145 Å².